The molecule has 1 amide bonds. The maximum Gasteiger partial charge on any atom is 0.326 e. The van der Waals surface area contributed by atoms with Crippen molar-refractivity contribution in [1.29, 1.82) is 0 Å². The maximum absolute atomic E-state index is 11.4. The molecule has 1 aromatic carbocycles. The molecular formula is C13H17NO5. The third-order valence-electron chi connectivity index (χ3n) is 2.45. The summed E-state index contributed by atoms with van der Waals surface area (Å²) in [7, 11) is 0. The van der Waals surface area contributed by atoms with Crippen molar-refractivity contribution in [2.45, 2.75) is 19.4 Å². The summed E-state index contributed by atoms with van der Waals surface area (Å²) in [5, 5.41) is 20.6. The molecule has 104 valence electrons. The second kappa shape index (κ2) is 7.38. The molecule has 19 heavy (non-hydrogen) atoms. The third kappa shape index (κ3) is 5.39. The van der Waals surface area contributed by atoms with E-state index >= 15 is 0 Å². The first-order valence-electron chi connectivity index (χ1n) is 5.90. The Balaban J connectivity index is 2.60. The zero-order valence-electron chi connectivity index (χ0n) is 10.6. The summed E-state index contributed by atoms with van der Waals surface area (Å²) in [6.07, 6.45) is 0.146. The molecule has 3 N–H and O–H groups in total. The van der Waals surface area contributed by atoms with E-state index in [0.29, 0.717) is 12.2 Å². The van der Waals surface area contributed by atoms with Gasteiger partial charge >= 0.3 is 5.97 Å². The first kappa shape index (κ1) is 15.0. The minimum absolute atomic E-state index is 0.107. The number of carbonyl (C=O) groups excluding carboxylic acids is 1. The molecule has 0 aliphatic carbocycles. The lowest BCUT2D eigenvalue weighted by Gasteiger charge is -2.14. The topological polar surface area (TPSA) is 95.9 Å². The fourth-order valence-electron chi connectivity index (χ4n) is 1.50. The van der Waals surface area contributed by atoms with E-state index < -0.39 is 17.9 Å². The van der Waals surface area contributed by atoms with Gasteiger partial charge in [-0.2, -0.15) is 0 Å². The molecule has 6 heteroatoms. The molecule has 0 bridgehead atoms. The van der Waals surface area contributed by atoms with Gasteiger partial charge in [0.2, 0.25) is 5.91 Å². The fraction of sp³-hybridized carbons (Fsp3) is 0.385. The SMILES string of the molecule is CCOCC(=O)N[C@@H](Cc1ccc(O)cc1)C(=O)O. The number of carboxylic acid groups (broad SMARTS) is 1. The lowest BCUT2D eigenvalue weighted by molar-refractivity contribution is -0.142. The predicted molar refractivity (Wildman–Crippen MR) is 67.9 cm³/mol. The Morgan fingerprint density at radius 1 is 1.32 bits per heavy atom. The second-order valence-corrected chi connectivity index (χ2v) is 3.97. The number of carbonyl (C=O) groups is 2. The molecule has 6 nitrogen and oxygen atoms in total. The Labute approximate surface area is 111 Å². The van der Waals surface area contributed by atoms with Crippen LogP contribution in [-0.4, -0.2) is 41.3 Å². The van der Waals surface area contributed by atoms with Gasteiger partial charge in [-0.05, 0) is 24.6 Å². The Morgan fingerprint density at radius 2 is 1.95 bits per heavy atom. The van der Waals surface area contributed by atoms with Gasteiger partial charge in [0.05, 0.1) is 0 Å². The van der Waals surface area contributed by atoms with Crippen LogP contribution in [0.25, 0.3) is 0 Å². The average Bonchev–Trinajstić information content (AvgIpc) is 2.38. The number of phenols is 1. The minimum Gasteiger partial charge on any atom is -0.508 e. The Morgan fingerprint density at radius 3 is 2.47 bits per heavy atom. The standard InChI is InChI=1S/C13H17NO5/c1-2-19-8-12(16)14-11(13(17)18)7-9-3-5-10(15)6-4-9/h3-6,11,15H,2,7-8H2,1H3,(H,14,16)(H,17,18)/t11-/m0/s1. The highest BCUT2D eigenvalue weighted by Crippen LogP contribution is 2.11. The number of phenolic OH excluding ortho intramolecular Hbond substituents is 1. The zero-order valence-corrected chi connectivity index (χ0v) is 10.6. The molecule has 1 rings (SSSR count). The molecular weight excluding hydrogens is 250 g/mol. The number of hydrogen-bond acceptors (Lipinski definition) is 4. The molecule has 0 radical (unpaired) electrons. The number of nitrogens with one attached hydrogen (secondary N) is 1. The Bertz CT molecular complexity index is 429. The Hall–Kier alpha value is -2.08. The van der Waals surface area contributed by atoms with Gasteiger partial charge in [-0.25, -0.2) is 4.79 Å². The molecule has 0 aliphatic heterocycles. The number of hydrogen-bond donors (Lipinski definition) is 3. The molecule has 0 unspecified atom stereocenters. The molecule has 0 saturated heterocycles. The number of aliphatic carboxylic acids is 1. The largest absolute Gasteiger partial charge is 0.508 e. The molecule has 0 spiro atoms. The van der Waals surface area contributed by atoms with Crippen LogP contribution in [0, 0.1) is 0 Å². The van der Waals surface area contributed by atoms with Crippen molar-refractivity contribution in [3.8, 4) is 5.75 Å². The zero-order chi connectivity index (χ0) is 14.3. The summed E-state index contributed by atoms with van der Waals surface area (Å²) in [5.74, 6) is -1.47. The highest BCUT2D eigenvalue weighted by atomic mass is 16.5. The summed E-state index contributed by atoms with van der Waals surface area (Å²) < 4.78 is 4.90. The first-order valence-corrected chi connectivity index (χ1v) is 5.90. The average molecular weight is 267 g/mol. The molecule has 1 atom stereocenters. The van der Waals surface area contributed by atoms with Gasteiger partial charge < -0.3 is 20.3 Å². The van der Waals surface area contributed by atoms with Crippen LogP contribution in [0.5, 0.6) is 5.75 Å². The van der Waals surface area contributed by atoms with Crippen LogP contribution < -0.4 is 5.32 Å². The number of aromatic hydroxyl groups is 1. The van der Waals surface area contributed by atoms with Gasteiger partial charge in [-0.15, -0.1) is 0 Å². The van der Waals surface area contributed by atoms with E-state index in [0.717, 1.165) is 0 Å². The summed E-state index contributed by atoms with van der Waals surface area (Å²) in [5.41, 5.74) is 0.710. The number of rotatable bonds is 7. The van der Waals surface area contributed by atoms with E-state index in [2.05, 4.69) is 5.32 Å². The number of ether oxygens (including phenoxy) is 1. The van der Waals surface area contributed by atoms with Crippen molar-refractivity contribution in [2.24, 2.45) is 0 Å². The highest BCUT2D eigenvalue weighted by Gasteiger charge is 2.20. The van der Waals surface area contributed by atoms with Gasteiger partial charge in [0.15, 0.2) is 0 Å². The van der Waals surface area contributed by atoms with Gasteiger partial charge in [-0.3, -0.25) is 4.79 Å². The number of amides is 1. The van der Waals surface area contributed by atoms with Crippen molar-refractivity contribution < 1.29 is 24.5 Å². The van der Waals surface area contributed by atoms with Crippen molar-refractivity contribution in [1.82, 2.24) is 5.32 Å². The van der Waals surface area contributed by atoms with Gasteiger partial charge in [0, 0.05) is 13.0 Å². The molecule has 0 saturated carbocycles. The number of carboxylic acids is 1. The van der Waals surface area contributed by atoms with Crippen LogP contribution in [0.15, 0.2) is 24.3 Å². The predicted octanol–water partition coefficient (Wildman–Crippen LogP) is 0.541. The molecule has 0 aliphatic rings. The third-order valence-corrected chi connectivity index (χ3v) is 2.45. The van der Waals surface area contributed by atoms with E-state index in [4.69, 9.17) is 14.9 Å². The summed E-state index contributed by atoms with van der Waals surface area (Å²) in [6.45, 7) is 1.98. The molecule has 0 fully saturated rings. The smallest absolute Gasteiger partial charge is 0.326 e. The van der Waals surface area contributed by atoms with Crippen LogP contribution >= 0.6 is 0 Å². The monoisotopic (exact) mass is 267 g/mol. The van der Waals surface area contributed by atoms with E-state index in [1.54, 1.807) is 19.1 Å². The maximum atomic E-state index is 11.4. The van der Waals surface area contributed by atoms with E-state index in [9.17, 15) is 9.59 Å². The van der Waals surface area contributed by atoms with Crippen LogP contribution in [0.3, 0.4) is 0 Å². The number of benzene rings is 1. The molecule has 1 aromatic rings. The Kier molecular flexibility index (Phi) is 5.81. The van der Waals surface area contributed by atoms with Gasteiger partial charge in [0.25, 0.3) is 0 Å². The van der Waals surface area contributed by atoms with Gasteiger partial charge in [0.1, 0.15) is 18.4 Å². The first-order chi connectivity index (χ1) is 9.02. The summed E-state index contributed by atoms with van der Waals surface area (Å²) in [4.78, 5) is 22.5. The van der Waals surface area contributed by atoms with Crippen LogP contribution in [0.4, 0.5) is 0 Å². The summed E-state index contributed by atoms with van der Waals surface area (Å²) >= 11 is 0. The molecule has 0 heterocycles. The van der Waals surface area contributed by atoms with Crippen molar-refractivity contribution >= 4 is 11.9 Å². The van der Waals surface area contributed by atoms with Crippen molar-refractivity contribution in [3.05, 3.63) is 29.8 Å². The summed E-state index contributed by atoms with van der Waals surface area (Å²) in [6, 6.07) is 5.14. The normalized spacial score (nSPS) is 11.8. The highest BCUT2D eigenvalue weighted by molar-refractivity contribution is 5.84. The lowest BCUT2D eigenvalue weighted by atomic mass is 10.1. The van der Waals surface area contributed by atoms with Crippen LogP contribution in [0.1, 0.15) is 12.5 Å². The van der Waals surface area contributed by atoms with Crippen molar-refractivity contribution in [2.75, 3.05) is 13.2 Å². The van der Waals surface area contributed by atoms with Gasteiger partial charge in [-0.1, -0.05) is 12.1 Å². The van der Waals surface area contributed by atoms with E-state index in [1.165, 1.54) is 12.1 Å². The minimum atomic E-state index is -1.11. The van der Waals surface area contributed by atoms with Crippen molar-refractivity contribution in [3.63, 3.8) is 0 Å². The quantitative estimate of drug-likeness (QED) is 0.670. The second-order valence-electron chi connectivity index (χ2n) is 3.97. The molecule has 0 aromatic heterocycles. The fourth-order valence-corrected chi connectivity index (χ4v) is 1.50. The van der Waals surface area contributed by atoms with Crippen LogP contribution in [0.2, 0.25) is 0 Å². The van der Waals surface area contributed by atoms with E-state index in [-0.39, 0.29) is 18.8 Å². The lowest BCUT2D eigenvalue weighted by Crippen LogP contribution is -2.43. The van der Waals surface area contributed by atoms with Crippen LogP contribution in [-0.2, 0) is 20.7 Å². The van der Waals surface area contributed by atoms with E-state index in [1.807, 2.05) is 0 Å².